The Morgan fingerprint density at radius 3 is 2.75 bits per heavy atom. The van der Waals surface area contributed by atoms with Crippen molar-refractivity contribution in [1.29, 1.82) is 0 Å². The van der Waals surface area contributed by atoms with Crippen LogP contribution in [-0.4, -0.2) is 10.1 Å². The molecule has 0 fully saturated rings. The fourth-order valence-electron chi connectivity index (χ4n) is 1.75. The van der Waals surface area contributed by atoms with E-state index in [1.54, 1.807) is 18.3 Å². The van der Waals surface area contributed by atoms with Crippen molar-refractivity contribution in [2.24, 2.45) is 0 Å². The Bertz CT molecular complexity index is 698. The van der Waals surface area contributed by atoms with Crippen molar-refractivity contribution >= 4 is 11.6 Å². The first-order chi connectivity index (χ1) is 9.83. The van der Waals surface area contributed by atoms with E-state index in [4.69, 9.17) is 20.9 Å². The van der Waals surface area contributed by atoms with E-state index in [9.17, 15) is 0 Å². The zero-order valence-electron chi connectivity index (χ0n) is 10.5. The molecule has 20 heavy (non-hydrogen) atoms. The zero-order valence-corrected chi connectivity index (χ0v) is 11.2. The molecule has 3 rings (SSSR count). The Balaban J connectivity index is 1.71. The standard InChI is InChI=1S/C15H11ClN2O2/c16-15-14(7-4-8-17-15)19-10-12-9-13(18-20-12)11-5-2-1-3-6-11/h1-9H,10H2. The van der Waals surface area contributed by atoms with Crippen molar-refractivity contribution in [3.05, 3.63) is 65.6 Å². The topological polar surface area (TPSA) is 48.2 Å². The lowest BCUT2D eigenvalue weighted by Crippen LogP contribution is -1.94. The van der Waals surface area contributed by atoms with Gasteiger partial charge in [0, 0.05) is 17.8 Å². The van der Waals surface area contributed by atoms with Crippen LogP contribution in [0, 0.1) is 0 Å². The van der Waals surface area contributed by atoms with Gasteiger partial charge in [-0.1, -0.05) is 47.1 Å². The van der Waals surface area contributed by atoms with Gasteiger partial charge in [0.25, 0.3) is 0 Å². The summed E-state index contributed by atoms with van der Waals surface area (Å²) < 4.78 is 10.8. The van der Waals surface area contributed by atoms with Gasteiger partial charge in [-0.15, -0.1) is 0 Å². The molecule has 0 N–H and O–H groups in total. The number of pyridine rings is 1. The number of nitrogens with zero attached hydrogens (tertiary/aromatic N) is 2. The van der Waals surface area contributed by atoms with Crippen molar-refractivity contribution < 1.29 is 9.26 Å². The Morgan fingerprint density at radius 1 is 1.10 bits per heavy atom. The molecule has 0 aliphatic rings. The van der Waals surface area contributed by atoms with E-state index in [1.807, 2.05) is 36.4 Å². The Kier molecular flexibility index (Phi) is 3.65. The molecule has 3 aromatic rings. The van der Waals surface area contributed by atoms with Crippen LogP contribution in [0.3, 0.4) is 0 Å². The van der Waals surface area contributed by atoms with Gasteiger partial charge < -0.3 is 9.26 Å². The van der Waals surface area contributed by atoms with E-state index < -0.39 is 0 Å². The molecule has 5 heteroatoms. The zero-order chi connectivity index (χ0) is 13.8. The van der Waals surface area contributed by atoms with Gasteiger partial charge in [0.05, 0.1) is 0 Å². The predicted molar refractivity (Wildman–Crippen MR) is 75.5 cm³/mol. The van der Waals surface area contributed by atoms with Gasteiger partial charge in [-0.25, -0.2) is 4.98 Å². The Morgan fingerprint density at radius 2 is 1.95 bits per heavy atom. The van der Waals surface area contributed by atoms with E-state index in [1.165, 1.54) is 0 Å². The van der Waals surface area contributed by atoms with Crippen LogP contribution in [0.5, 0.6) is 5.75 Å². The molecule has 0 atom stereocenters. The molecule has 0 unspecified atom stereocenters. The lowest BCUT2D eigenvalue weighted by atomic mass is 10.1. The van der Waals surface area contributed by atoms with Crippen molar-refractivity contribution in [2.75, 3.05) is 0 Å². The fraction of sp³-hybridized carbons (Fsp3) is 0.0667. The number of hydrogen-bond donors (Lipinski definition) is 0. The normalized spacial score (nSPS) is 10.4. The quantitative estimate of drug-likeness (QED) is 0.681. The number of benzene rings is 1. The van der Waals surface area contributed by atoms with Gasteiger partial charge in [0.15, 0.2) is 16.7 Å². The molecule has 0 saturated carbocycles. The van der Waals surface area contributed by atoms with Gasteiger partial charge in [0.1, 0.15) is 12.3 Å². The van der Waals surface area contributed by atoms with Gasteiger partial charge in [-0.3, -0.25) is 0 Å². The summed E-state index contributed by atoms with van der Waals surface area (Å²) in [7, 11) is 0. The first-order valence-corrected chi connectivity index (χ1v) is 6.45. The molecule has 0 bridgehead atoms. The molecule has 0 amide bonds. The molecule has 0 aliphatic heterocycles. The minimum absolute atomic E-state index is 0.255. The van der Waals surface area contributed by atoms with E-state index in [2.05, 4.69) is 10.1 Å². The Labute approximate surface area is 121 Å². The van der Waals surface area contributed by atoms with Crippen molar-refractivity contribution in [2.45, 2.75) is 6.61 Å². The van der Waals surface area contributed by atoms with Crippen LogP contribution in [0.4, 0.5) is 0 Å². The summed E-state index contributed by atoms with van der Waals surface area (Å²) >= 11 is 5.91. The van der Waals surface area contributed by atoms with Crippen LogP contribution in [0.15, 0.2) is 59.3 Å². The van der Waals surface area contributed by atoms with Gasteiger partial charge in [-0.05, 0) is 12.1 Å². The molecule has 0 radical (unpaired) electrons. The fourth-order valence-corrected chi connectivity index (χ4v) is 1.93. The van der Waals surface area contributed by atoms with Crippen molar-refractivity contribution in [1.82, 2.24) is 10.1 Å². The first-order valence-electron chi connectivity index (χ1n) is 6.07. The summed E-state index contributed by atoms with van der Waals surface area (Å²) in [6, 6.07) is 15.2. The molecular formula is C15H11ClN2O2. The summed E-state index contributed by atoms with van der Waals surface area (Å²) in [4.78, 5) is 3.94. The van der Waals surface area contributed by atoms with Crippen LogP contribution in [-0.2, 0) is 6.61 Å². The monoisotopic (exact) mass is 286 g/mol. The largest absolute Gasteiger partial charge is 0.482 e. The maximum atomic E-state index is 5.91. The predicted octanol–water partition coefficient (Wildman–Crippen LogP) is 3.97. The average Bonchev–Trinajstić information content (AvgIpc) is 2.96. The minimum atomic E-state index is 0.255. The molecule has 100 valence electrons. The maximum Gasteiger partial charge on any atom is 0.174 e. The van der Waals surface area contributed by atoms with Crippen LogP contribution < -0.4 is 4.74 Å². The summed E-state index contributed by atoms with van der Waals surface area (Å²) in [5.74, 6) is 1.15. The molecule has 1 aromatic carbocycles. The highest BCUT2D eigenvalue weighted by molar-refractivity contribution is 6.30. The van der Waals surface area contributed by atoms with E-state index in [0.29, 0.717) is 16.7 Å². The molecule has 2 heterocycles. The maximum absolute atomic E-state index is 5.91. The minimum Gasteiger partial charge on any atom is -0.482 e. The second-order valence-corrected chi connectivity index (χ2v) is 4.48. The van der Waals surface area contributed by atoms with Crippen LogP contribution in [0.2, 0.25) is 5.15 Å². The third-order valence-corrected chi connectivity index (χ3v) is 3.01. The van der Waals surface area contributed by atoms with E-state index in [0.717, 1.165) is 11.3 Å². The highest BCUT2D eigenvalue weighted by Crippen LogP contribution is 2.23. The number of aromatic nitrogens is 2. The summed E-state index contributed by atoms with van der Waals surface area (Å²) in [5.41, 5.74) is 1.78. The van der Waals surface area contributed by atoms with E-state index in [-0.39, 0.29) is 6.61 Å². The molecule has 4 nitrogen and oxygen atoms in total. The number of rotatable bonds is 4. The molecule has 0 aliphatic carbocycles. The van der Waals surface area contributed by atoms with Crippen LogP contribution in [0.1, 0.15) is 5.76 Å². The summed E-state index contributed by atoms with van der Waals surface area (Å²) in [5, 5.41) is 4.35. The average molecular weight is 287 g/mol. The number of ether oxygens (including phenoxy) is 1. The molecule has 0 saturated heterocycles. The van der Waals surface area contributed by atoms with Crippen LogP contribution in [0.25, 0.3) is 11.3 Å². The van der Waals surface area contributed by atoms with Crippen molar-refractivity contribution in [3.8, 4) is 17.0 Å². The van der Waals surface area contributed by atoms with Gasteiger partial charge in [0.2, 0.25) is 0 Å². The number of halogens is 1. The molecule has 0 spiro atoms. The van der Waals surface area contributed by atoms with Gasteiger partial charge >= 0.3 is 0 Å². The number of hydrogen-bond acceptors (Lipinski definition) is 4. The summed E-state index contributed by atoms with van der Waals surface area (Å²) in [6.07, 6.45) is 1.61. The highest BCUT2D eigenvalue weighted by atomic mass is 35.5. The van der Waals surface area contributed by atoms with Gasteiger partial charge in [-0.2, -0.15) is 0 Å². The van der Waals surface area contributed by atoms with E-state index >= 15 is 0 Å². The smallest absolute Gasteiger partial charge is 0.174 e. The third kappa shape index (κ3) is 2.81. The second-order valence-electron chi connectivity index (χ2n) is 4.13. The lowest BCUT2D eigenvalue weighted by molar-refractivity contribution is 0.249. The first kappa shape index (κ1) is 12.7. The van der Waals surface area contributed by atoms with Crippen LogP contribution >= 0.6 is 11.6 Å². The Hall–Kier alpha value is -2.33. The molecular weight excluding hydrogens is 276 g/mol. The summed E-state index contributed by atoms with van der Waals surface area (Å²) in [6.45, 7) is 0.255. The third-order valence-electron chi connectivity index (χ3n) is 2.72. The second kappa shape index (κ2) is 5.75. The molecule has 2 aromatic heterocycles. The highest BCUT2D eigenvalue weighted by Gasteiger charge is 2.08. The van der Waals surface area contributed by atoms with Crippen molar-refractivity contribution in [3.63, 3.8) is 0 Å². The lowest BCUT2D eigenvalue weighted by Gasteiger charge is -2.03. The SMILES string of the molecule is Clc1ncccc1OCc1cc(-c2ccccc2)no1.